The summed E-state index contributed by atoms with van der Waals surface area (Å²) >= 11 is 5.95. The number of halogens is 1. The van der Waals surface area contributed by atoms with Gasteiger partial charge in [0.2, 0.25) is 5.88 Å². The monoisotopic (exact) mass is 240 g/mol. The molecule has 0 N–H and O–H groups in total. The summed E-state index contributed by atoms with van der Waals surface area (Å²) < 4.78 is 7.44. The minimum atomic E-state index is -0.0872. The zero-order valence-electron chi connectivity index (χ0n) is 9.12. The first-order chi connectivity index (χ1) is 7.61. The van der Waals surface area contributed by atoms with Gasteiger partial charge in [-0.25, -0.2) is 4.68 Å². The molecular formula is C11H13ClN2O2. The molecule has 0 radical (unpaired) electrons. The van der Waals surface area contributed by atoms with Crippen molar-refractivity contribution in [3.05, 3.63) is 10.7 Å². The van der Waals surface area contributed by atoms with Crippen molar-refractivity contribution in [3.8, 4) is 5.88 Å². The van der Waals surface area contributed by atoms with Crippen LogP contribution in [0.3, 0.4) is 0 Å². The summed E-state index contributed by atoms with van der Waals surface area (Å²) in [6, 6.07) is 0. The summed E-state index contributed by atoms with van der Waals surface area (Å²) in [6.07, 6.45) is 3.62. The van der Waals surface area contributed by atoms with Gasteiger partial charge in [0, 0.05) is 5.41 Å². The second kappa shape index (κ2) is 3.23. The van der Waals surface area contributed by atoms with Crippen molar-refractivity contribution in [2.45, 2.75) is 32.7 Å². The van der Waals surface area contributed by atoms with Gasteiger partial charge in [0.05, 0.1) is 13.2 Å². The lowest BCUT2D eigenvalue weighted by Gasteiger charge is -2.44. The lowest BCUT2D eigenvalue weighted by atomic mass is 9.69. The molecule has 2 aliphatic rings. The molecule has 0 bridgehead atoms. The van der Waals surface area contributed by atoms with Crippen LogP contribution in [0.5, 0.6) is 5.88 Å². The van der Waals surface area contributed by atoms with Crippen molar-refractivity contribution >= 4 is 17.4 Å². The molecule has 2 heterocycles. The summed E-state index contributed by atoms with van der Waals surface area (Å²) in [5, 5.41) is 4.45. The zero-order valence-corrected chi connectivity index (χ0v) is 9.88. The third-order valence-electron chi connectivity index (χ3n) is 3.63. The van der Waals surface area contributed by atoms with E-state index in [0.717, 1.165) is 6.54 Å². The number of carbonyl (C=O) groups is 1. The van der Waals surface area contributed by atoms with E-state index in [1.165, 1.54) is 26.2 Å². The summed E-state index contributed by atoms with van der Waals surface area (Å²) in [4.78, 5) is 11.4. The van der Waals surface area contributed by atoms with Crippen molar-refractivity contribution in [2.75, 3.05) is 6.61 Å². The van der Waals surface area contributed by atoms with Crippen LogP contribution in [0, 0.1) is 5.41 Å². The maximum Gasteiger partial charge on any atom is 0.224 e. The van der Waals surface area contributed by atoms with Gasteiger partial charge >= 0.3 is 0 Å². The fraction of sp³-hybridized carbons (Fsp3) is 0.636. The number of nitrogens with zero attached hydrogens (tertiary/aromatic N) is 2. The minimum Gasteiger partial charge on any atom is -0.477 e. The number of Topliss-reactive ketones (excluding diaryl/α,β-unsaturated/α-hetero) is 1. The van der Waals surface area contributed by atoms with Gasteiger partial charge in [-0.2, -0.15) is 5.10 Å². The fourth-order valence-electron chi connectivity index (χ4n) is 2.53. The van der Waals surface area contributed by atoms with E-state index in [2.05, 4.69) is 5.10 Å². The Hall–Kier alpha value is -1.03. The summed E-state index contributed by atoms with van der Waals surface area (Å²) in [6.45, 7) is 3.01. The van der Waals surface area contributed by atoms with Crippen molar-refractivity contribution in [1.29, 1.82) is 0 Å². The Morgan fingerprint density at radius 3 is 2.88 bits per heavy atom. The Labute approximate surface area is 98.5 Å². The molecule has 0 saturated heterocycles. The Kier molecular flexibility index (Phi) is 2.05. The Balaban J connectivity index is 2.01. The average Bonchev–Trinajstić information content (AvgIpc) is 2.49. The van der Waals surface area contributed by atoms with Gasteiger partial charge < -0.3 is 4.74 Å². The van der Waals surface area contributed by atoms with Crippen LogP contribution in [0.4, 0.5) is 0 Å². The highest BCUT2D eigenvalue weighted by Crippen LogP contribution is 2.46. The molecule has 1 aliphatic heterocycles. The number of rotatable bonds is 1. The summed E-state index contributed by atoms with van der Waals surface area (Å²) in [5.41, 5.74) is 0.673. The number of carbonyl (C=O) groups excluding carboxylic acids is 1. The van der Waals surface area contributed by atoms with Gasteiger partial charge in [0.15, 0.2) is 10.9 Å². The van der Waals surface area contributed by atoms with Gasteiger partial charge in [0.1, 0.15) is 5.56 Å². The molecule has 1 fully saturated rings. The molecule has 3 rings (SSSR count). The molecule has 0 atom stereocenters. The molecule has 0 unspecified atom stereocenters. The standard InChI is InChI=1S/C11H13ClN2O2/c1-7(15)8-9(12)13-14-5-11(3-2-4-11)6-16-10(8)14/h2-6H2,1H3. The van der Waals surface area contributed by atoms with E-state index in [0.29, 0.717) is 18.1 Å². The van der Waals surface area contributed by atoms with Crippen molar-refractivity contribution < 1.29 is 9.53 Å². The Morgan fingerprint density at radius 1 is 1.56 bits per heavy atom. The molecule has 4 nitrogen and oxygen atoms in total. The predicted molar refractivity (Wildman–Crippen MR) is 59.0 cm³/mol. The maximum atomic E-state index is 11.4. The van der Waals surface area contributed by atoms with Crippen molar-refractivity contribution in [1.82, 2.24) is 9.78 Å². The van der Waals surface area contributed by atoms with Crippen LogP contribution in [0.1, 0.15) is 36.5 Å². The van der Waals surface area contributed by atoms with E-state index in [9.17, 15) is 4.79 Å². The first-order valence-electron chi connectivity index (χ1n) is 5.51. The summed E-state index contributed by atoms with van der Waals surface area (Å²) in [7, 11) is 0. The highest BCUT2D eigenvalue weighted by molar-refractivity contribution is 6.33. The number of ether oxygens (including phenoxy) is 1. The predicted octanol–water partition coefficient (Wildman–Crippen LogP) is 2.30. The molecule has 1 saturated carbocycles. The topological polar surface area (TPSA) is 44.1 Å². The molecule has 1 aliphatic carbocycles. The van der Waals surface area contributed by atoms with E-state index < -0.39 is 0 Å². The second-order valence-corrected chi connectivity index (χ2v) is 5.19. The highest BCUT2D eigenvalue weighted by Gasteiger charge is 2.43. The molecule has 16 heavy (non-hydrogen) atoms. The number of hydrogen-bond donors (Lipinski definition) is 0. The molecular weight excluding hydrogens is 228 g/mol. The van der Waals surface area contributed by atoms with E-state index in [-0.39, 0.29) is 16.4 Å². The largest absolute Gasteiger partial charge is 0.477 e. The number of fused-ring (bicyclic) bond motifs is 1. The average molecular weight is 241 g/mol. The normalized spacial score (nSPS) is 21.1. The van der Waals surface area contributed by atoms with E-state index in [1.807, 2.05) is 0 Å². The fourth-order valence-corrected chi connectivity index (χ4v) is 2.84. The van der Waals surface area contributed by atoms with Crippen LogP contribution in [-0.2, 0) is 6.54 Å². The lowest BCUT2D eigenvalue weighted by molar-refractivity contribution is 0.00146. The SMILES string of the molecule is CC(=O)c1c(Cl)nn2c1OCC1(CCC1)C2. The number of hydrogen-bond acceptors (Lipinski definition) is 3. The van der Waals surface area contributed by atoms with Crippen molar-refractivity contribution in [2.24, 2.45) is 5.41 Å². The van der Waals surface area contributed by atoms with E-state index in [4.69, 9.17) is 16.3 Å². The van der Waals surface area contributed by atoms with Crippen LogP contribution in [-0.4, -0.2) is 22.2 Å². The van der Waals surface area contributed by atoms with E-state index in [1.54, 1.807) is 4.68 Å². The van der Waals surface area contributed by atoms with Crippen molar-refractivity contribution in [3.63, 3.8) is 0 Å². The molecule has 1 aromatic rings. The van der Waals surface area contributed by atoms with Gasteiger partial charge in [0.25, 0.3) is 0 Å². The highest BCUT2D eigenvalue weighted by atomic mass is 35.5. The van der Waals surface area contributed by atoms with Crippen LogP contribution in [0.15, 0.2) is 0 Å². The van der Waals surface area contributed by atoms with Gasteiger partial charge in [-0.1, -0.05) is 18.0 Å². The van der Waals surface area contributed by atoms with E-state index >= 15 is 0 Å². The van der Waals surface area contributed by atoms with Crippen LogP contribution in [0.25, 0.3) is 0 Å². The second-order valence-electron chi connectivity index (χ2n) is 4.83. The maximum absolute atomic E-state index is 11.4. The van der Waals surface area contributed by atoms with Crippen LogP contribution >= 0.6 is 11.6 Å². The Morgan fingerprint density at radius 2 is 2.31 bits per heavy atom. The number of aromatic nitrogens is 2. The molecule has 5 heteroatoms. The smallest absolute Gasteiger partial charge is 0.224 e. The number of ketones is 1. The first kappa shape index (κ1) is 10.1. The molecule has 1 aromatic heterocycles. The molecule has 0 aromatic carbocycles. The third-order valence-corrected chi connectivity index (χ3v) is 3.89. The first-order valence-corrected chi connectivity index (χ1v) is 5.89. The minimum absolute atomic E-state index is 0.0872. The van der Waals surface area contributed by atoms with Crippen LogP contribution < -0.4 is 4.74 Å². The molecule has 0 amide bonds. The van der Waals surface area contributed by atoms with Gasteiger partial charge in [-0.05, 0) is 19.8 Å². The lowest BCUT2D eigenvalue weighted by Crippen LogP contribution is -2.43. The Bertz CT molecular complexity index is 463. The quantitative estimate of drug-likeness (QED) is 0.708. The van der Waals surface area contributed by atoms with Gasteiger partial charge in [-0.15, -0.1) is 0 Å². The third kappa shape index (κ3) is 1.29. The molecule has 1 spiro atoms. The molecule has 86 valence electrons. The van der Waals surface area contributed by atoms with Gasteiger partial charge in [-0.3, -0.25) is 4.79 Å². The summed E-state index contributed by atoms with van der Waals surface area (Å²) in [5.74, 6) is 0.464. The van der Waals surface area contributed by atoms with Crippen LogP contribution in [0.2, 0.25) is 5.15 Å². The zero-order chi connectivity index (χ0) is 11.3.